The molecule has 3 aromatic rings. The van der Waals surface area contributed by atoms with Crippen LogP contribution in [0.2, 0.25) is 0 Å². The summed E-state index contributed by atoms with van der Waals surface area (Å²) in [4.78, 5) is 16.4. The first-order valence-electron chi connectivity index (χ1n) is 8.79. The predicted molar refractivity (Wildman–Crippen MR) is 110 cm³/mol. The van der Waals surface area contributed by atoms with Crippen LogP contribution in [0.5, 0.6) is 5.75 Å². The van der Waals surface area contributed by atoms with Crippen molar-refractivity contribution in [3.63, 3.8) is 0 Å². The van der Waals surface area contributed by atoms with E-state index in [1.54, 1.807) is 6.20 Å². The van der Waals surface area contributed by atoms with Crippen molar-refractivity contribution >= 4 is 23.7 Å². The molecule has 27 heavy (non-hydrogen) atoms. The number of nitrogens with one attached hydrogen (secondary N) is 1. The summed E-state index contributed by atoms with van der Waals surface area (Å²) in [5.41, 5.74) is 4.81. The molecule has 1 amide bonds. The van der Waals surface area contributed by atoms with E-state index in [2.05, 4.69) is 16.4 Å². The fourth-order valence-corrected chi connectivity index (χ4v) is 2.74. The summed E-state index contributed by atoms with van der Waals surface area (Å²) in [5.74, 6) is 0.509. The summed E-state index contributed by atoms with van der Waals surface area (Å²) in [6.07, 6.45) is 5.65. The number of aromatic nitrogens is 1. The Balaban J connectivity index is 1.58. The van der Waals surface area contributed by atoms with Crippen molar-refractivity contribution in [2.45, 2.75) is 13.8 Å². The zero-order chi connectivity index (χ0) is 19.1. The van der Waals surface area contributed by atoms with Crippen LogP contribution in [-0.2, 0) is 4.79 Å². The summed E-state index contributed by atoms with van der Waals surface area (Å²) in [5, 5.41) is 2.87. The molecule has 0 spiro atoms. The molecule has 1 heterocycles. The van der Waals surface area contributed by atoms with Gasteiger partial charge in [0.05, 0.1) is 5.69 Å². The topological polar surface area (TPSA) is 51.2 Å². The molecule has 0 saturated heterocycles. The van der Waals surface area contributed by atoms with Gasteiger partial charge in [-0.2, -0.15) is 0 Å². The fourth-order valence-electron chi connectivity index (χ4n) is 2.74. The Kier molecular flexibility index (Phi) is 6.00. The number of hydrogen-bond acceptors (Lipinski definition) is 3. The van der Waals surface area contributed by atoms with Gasteiger partial charge in [0, 0.05) is 11.9 Å². The molecule has 0 saturated carbocycles. The Hall–Kier alpha value is -3.40. The zero-order valence-corrected chi connectivity index (χ0v) is 15.5. The van der Waals surface area contributed by atoms with Gasteiger partial charge in [-0.25, -0.2) is 0 Å². The lowest BCUT2D eigenvalue weighted by molar-refractivity contribution is -0.118. The summed E-state index contributed by atoms with van der Waals surface area (Å²) in [6, 6.07) is 19.3. The molecule has 0 bridgehead atoms. The van der Waals surface area contributed by atoms with E-state index in [0.29, 0.717) is 5.75 Å². The molecular formula is C23H22N2O2. The standard InChI is InChI=1S/C23H22N2O2/c1-17-12-18(2)14-22(13-17)27-16-23(26)25-21-8-5-6-19(15-21)9-10-20-7-3-4-11-24-20/h3-15H,16H2,1-2H3,(H,25,26)/b10-9+. The molecule has 0 radical (unpaired) electrons. The van der Waals surface area contributed by atoms with E-state index in [9.17, 15) is 4.79 Å². The Morgan fingerprint density at radius 1 is 1.00 bits per heavy atom. The first-order valence-corrected chi connectivity index (χ1v) is 8.79. The fraction of sp³-hybridized carbons (Fsp3) is 0.130. The van der Waals surface area contributed by atoms with Gasteiger partial charge in [-0.3, -0.25) is 9.78 Å². The van der Waals surface area contributed by atoms with Crippen LogP contribution in [0.25, 0.3) is 12.2 Å². The van der Waals surface area contributed by atoms with Crippen LogP contribution in [0, 0.1) is 13.8 Å². The van der Waals surface area contributed by atoms with Crippen molar-refractivity contribution in [2.24, 2.45) is 0 Å². The minimum absolute atomic E-state index is 0.0309. The van der Waals surface area contributed by atoms with Crippen molar-refractivity contribution in [1.29, 1.82) is 0 Å². The number of hydrogen-bond donors (Lipinski definition) is 1. The van der Waals surface area contributed by atoms with E-state index >= 15 is 0 Å². The second-order valence-corrected chi connectivity index (χ2v) is 6.37. The van der Waals surface area contributed by atoms with E-state index in [1.165, 1.54) is 0 Å². The third kappa shape index (κ3) is 5.82. The molecule has 0 aliphatic heterocycles. The summed E-state index contributed by atoms with van der Waals surface area (Å²) in [7, 11) is 0. The molecule has 0 atom stereocenters. The maximum atomic E-state index is 12.2. The Labute approximate surface area is 159 Å². The number of rotatable bonds is 6. The second-order valence-electron chi connectivity index (χ2n) is 6.37. The van der Waals surface area contributed by atoms with E-state index < -0.39 is 0 Å². The van der Waals surface area contributed by atoms with Crippen LogP contribution >= 0.6 is 0 Å². The van der Waals surface area contributed by atoms with Crippen LogP contribution in [-0.4, -0.2) is 17.5 Å². The molecule has 1 N–H and O–H groups in total. The molecule has 0 aliphatic rings. The number of carbonyl (C=O) groups excluding carboxylic acids is 1. The van der Waals surface area contributed by atoms with Gasteiger partial charge in [0.1, 0.15) is 5.75 Å². The first kappa shape index (κ1) is 18.4. The van der Waals surface area contributed by atoms with Crippen LogP contribution in [0.1, 0.15) is 22.4 Å². The third-order valence-corrected chi connectivity index (χ3v) is 3.87. The first-order chi connectivity index (χ1) is 13.1. The number of ether oxygens (including phenoxy) is 1. The summed E-state index contributed by atoms with van der Waals surface area (Å²) < 4.78 is 5.60. The van der Waals surface area contributed by atoms with Gasteiger partial charge in [0.2, 0.25) is 0 Å². The molecule has 0 fully saturated rings. The molecule has 0 aliphatic carbocycles. The van der Waals surface area contributed by atoms with Crippen molar-refractivity contribution < 1.29 is 9.53 Å². The number of amides is 1. The normalized spacial score (nSPS) is 10.7. The Morgan fingerprint density at radius 2 is 1.81 bits per heavy atom. The molecule has 136 valence electrons. The van der Waals surface area contributed by atoms with Crippen LogP contribution in [0.3, 0.4) is 0 Å². The minimum atomic E-state index is -0.194. The number of aryl methyl sites for hydroxylation is 2. The molecular weight excluding hydrogens is 336 g/mol. The van der Waals surface area contributed by atoms with E-state index in [1.807, 2.05) is 80.6 Å². The zero-order valence-electron chi connectivity index (χ0n) is 15.5. The van der Waals surface area contributed by atoms with E-state index in [0.717, 1.165) is 28.1 Å². The largest absolute Gasteiger partial charge is 0.484 e. The van der Waals surface area contributed by atoms with Gasteiger partial charge in [0.25, 0.3) is 5.91 Å². The van der Waals surface area contributed by atoms with Gasteiger partial charge in [-0.15, -0.1) is 0 Å². The highest BCUT2D eigenvalue weighted by molar-refractivity contribution is 5.92. The lowest BCUT2D eigenvalue weighted by Gasteiger charge is -2.09. The Bertz CT molecular complexity index is 929. The average Bonchev–Trinajstić information content (AvgIpc) is 2.65. The lowest BCUT2D eigenvalue weighted by atomic mass is 10.1. The van der Waals surface area contributed by atoms with Gasteiger partial charge in [-0.05, 0) is 73.0 Å². The molecule has 4 nitrogen and oxygen atoms in total. The number of nitrogens with zero attached hydrogens (tertiary/aromatic N) is 1. The van der Waals surface area contributed by atoms with Gasteiger partial charge < -0.3 is 10.1 Å². The molecule has 1 aromatic heterocycles. The Morgan fingerprint density at radius 3 is 2.56 bits per heavy atom. The van der Waals surface area contributed by atoms with Gasteiger partial charge >= 0.3 is 0 Å². The number of pyridine rings is 1. The van der Waals surface area contributed by atoms with Crippen molar-refractivity contribution in [2.75, 3.05) is 11.9 Å². The average molecular weight is 358 g/mol. The van der Waals surface area contributed by atoms with Crippen molar-refractivity contribution in [3.8, 4) is 5.75 Å². The van der Waals surface area contributed by atoms with E-state index in [4.69, 9.17) is 4.74 Å². The molecule has 2 aromatic carbocycles. The second kappa shape index (κ2) is 8.81. The summed E-state index contributed by atoms with van der Waals surface area (Å²) in [6.45, 7) is 3.98. The maximum absolute atomic E-state index is 12.2. The van der Waals surface area contributed by atoms with Crippen molar-refractivity contribution in [1.82, 2.24) is 4.98 Å². The molecule has 0 unspecified atom stereocenters. The monoisotopic (exact) mass is 358 g/mol. The third-order valence-electron chi connectivity index (χ3n) is 3.87. The quantitative estimate of drug-likeness (QED) is 0.683. The van der Waals surface area contributed by atoms with Crippen LogP contribution < -0.4 is 10.1 Å². The van der Waals surface area contributed by atoms with Crippen molar-refractivity contribution in [3.05, 3.63) is 89.2 Å². The number of carbonyl (C=O) groups is 1. The highest BCUT2D eigenvalue weighted by atomic mass is 16.5. The lowest BCUT2D eigenvalue weighted by Crippen LogP contribution is -2.20. The van der Waals surface area contributed by atoms with Gasteiger partial charge in [0.15, 0.2) is 6.61 Å². The molecule has 4 heteroatoms. The van der Waals surface area contributed by atoms with E-state index in [-0.39, 0.29) is 12.5 Å². The van der Waals surface area contributed by atoms with Gasteiger partial charge in [-0.1, -0.05) is 30.3 Å². The minimum Gasteiger partial charge on any atom is -0.484 e. The highest BCUT2D eigenvalue weighted by Gasteiger charge is 2.05. The number of anilines is 1. The smallest absolute Gasteiger partial charge is 0.262 e. The van der Waals surface area contributed by atoms with Crippen LogP contribution in [0.15, 0.2) is 66.9 Å². The maximum Gasteiger partial charge on any atom is 0.262 e. The summed E-state index contributed by atoms with van der Waals surface area (Å²) >= 11 is 0. The SMILES string of the molecule is Cc1cc(C)cc(OCC(=O)Nc2cccc(/C=C/c3ccccn3)c2)c1. The molecule has 3 rings (SSSR count). The number of benzene rings is 2. The highest BCUT2D eigenvalue weighted by Crippen LogP contribution is 2.17. The predicted octanol–water partition coefficient (Wildman–Crippen LogP) is 4.89. The van der Waals surface area contributed by atoms with Crippen LogP contribution in [0.4, 0.5) is 5.69 Å².